The van der Waals surface area contributed by atoms with Crippen molar-refractivity contribution in [1.82, 2.24) is 5.32 Å². The van der Waals surface area contributed by atoms with Gasteiger partial charge in [0.05, 0.1) is 5.56 Å². The van der Waals surface area contributed by atoms with Gasteiger partial charge in [0.25, 0.3) is 0 Å². The van der Waals surface area contributed by atoms with Crippen molar-refractivity contribution >= 4 is 11.3 Å². The third-order valence-corrected chi connectivity index (χ3v) is 4.96. The third-order valence-electron chi connectivity index (χ3n) is 3.89. The molecule has 5 heteroatoms. The number of rotatable bonds is 3. The quantitative estimate of drug-likeness (QED) is 0.874. The summed E-state index contributed by atoms with van der Waals surface area (Å²) >= 11 is 1.76. The van der Waals surface area contributed by atoms with E-state index in [2.05, 4.69) is 16.8 Å². The number of thiophene rings is 1. The number of fused-ring (bicyclic) bond motifs is 1. The lowest BCUT2D eigenvalue weighted by molar-refractivity contribution is -0.137. The fourth-order valence-corrected chi connectivity index (χ4v) is 3.80. The van der Waals surface area contributed by atoms with Gasteiger partial charge in [-0.15, -0.1) is 11.3 Å². The summed E-state index contributed by atoms with van der Waals surface area (Å²) in [5, 5.41) is 5.61. The lowest BCUT2D eigenvalue weighted by Crippen LogP contribution is -2.28. The molecule has 3 rings (SSSR count). The van der Waals surface area contributed by atoms with E-state index in [-0.39, 0.29) is 0 Å². The van der Waals surface area contributed by atoms with Gasteiger partial charge in [-0.2, -0.15) is 13.2 Å². The van der Waals surface area contributed by atoms with Crippen LogP contribution in [0.15, 0.2) is 35.7 Å². The van der Waals surface area contributed by atoms with E-state index in [9.17, 15) is 13.2 Å². The highest BCUT2D eigenvalue weighted by molar-refractivity contribution is 7.10. The maximum Gasteiger partial charge on any atom is 0.416 e. The predicted octanol–water partition coefficient (Wildman–Crippen LogP) is 4.59. The van der Waals surface area contributed by atoms with Crippen molar-refractivity contribution in [2.75, 3.05) is 6.54 Å². The Bertz CT molecular complexity index is 601. The molecule has 1 aromatic heterocycles. The molecule has 0 bridgehead atoms. The molecule has 1 aliphatic heterocycles. The number of aryl methyl sites for hydroxylation is 1. The summed E-state index contributed by atoms with van der Waals surface area (Å²) < 4.78 is 37.6. The van der Waals surface area contributed by atoms with Gasteiger partial charge < -0.3 is 5.32 Å². The van der Waals surface area contributed by atoms with Gasteiger partial charge in [-0.3, -0.25) is 0 Å². The zero-order chi connectivity index (χ0) is 14.9. The molecule has 0 radical (unpaired) electrons. The Labute approximate surface area is 125 Å². The van der Waals surface area contributed by atoms with Crippen LogP contribution in [0.25, 0.3) is 0 Å². The van der Waals surface area contributed by atoms with Gasteiger partial charge in [-0.05, 0) is 60.5 Å². The van der Waals surface area contributed by atoms with E-state index < -0.39 is 11.7 Å². The number of hydrogen-bond acceptors (Lipinski definition) is 2. The highest BCUT2D eigenvalue weighted by atomic mass is 32.1. The number of hydrogen-bond donors (Lipinski definition) is 1. The van der Waals surface area contributed by atoms with E-state index >= 15 is 0 Å². The largest absolute Gasteiger partial charge is 0.416 e. The van der Waals surface area contributed by atoms with Gasteiger partial charge in [0.15, 0.2) is 0 Å². The third kappa shape index (κ3) is 3.30. The van der Waals surface area contributed by atoms with E-state index in [4.69, 9.17) is 0 Å². The van der Waals surface area contributed by atoms with Crippen molar-refractivity contribution in [3.8, 4) is 0 Å². The molecule has 2 heterocycles. The van der Waals surface area contributed by atoms with Crippen LogP contribution in [-0.4, -0.2) is 6.54 Å². The van der Waals surface area contributed by atoms with Crippen LogP contribution in [0.5, 0.6) is 0 Å². The van der Waals surface area contributed by atoms with E-state index in [0.29, 0.717) is 6.04 Å². The summed E-state index contributed by atoms with van der Waals surface area (Å²) in [6.07, 6.45) is -1.49. The summed E-state index contributed by atoms with van der Waals surface area (Å²) in [6, 6.07) is 8.00. The van der Waals surface area contributed by atoms with Crippen LogP contribution < -0.4 is 5.32 Å². The minimum Gasteiger partial charge on any atom is -0.309 e. The monoisotopic (exact) mass is 311 g/mol. The smallest absolute Gasteiger partial charge is 0.309 e. The highest BCUT2D eigenvalue weighted by Gasteiger charge is 2.30. The molecule has 0 aliphatic carbocycles. The first kappa shape index (κ1) is 14.6. The molecule has 0 spiro atoms. The lowest BCUT2D eigenvalue weighted by Gasteiger charge is -2.24. The molecule has 21 heavy (non-hydrogen) atoms. The fraction of sp³-hybridized carbons (Fsp3) is 0.375. The Morgan fingerprint density at radius 3 is 2.62 bits per heavy atom. The van der Waals surface area contributed by atoms with Gasteiger partial charge in [0, 0.05) is 10.9 Å². The number of halogens is 3. The van der Waals surface area contributed by atoms with Crippen molar-refractivity contribution in [1.29, 1.82) is 0 Å². The molecule has 0 saturated carbocycles. The molecular formula is C16H16F3NS. The van der Waals surface area contributed by atoms with Gasteiger partial charge in [-0.1, -0.05) is 12.1 Å². The summed E-state index contributed by atoms with van der Waals surface area (Å²) in [7, 11) is 0. The maximum atomic E-state index is 12.5. The topological polar surface area (TPSA) is 12.0 Å². The second-order valence-corrected chi connectivity index (χ2v) is 6.25. The Kier molecular flexibility index (Phi) is 4.04. The van der Waals surface area contributed by atoms with Gasteiger partial charge >= 0.3 is 6.18 Å². The Morgan fingerprint density at radius 1 is 1.14 bits per heavy atom. The summed E-state index contributed by atoms with van der Waals surface area (Å²) in [4.78, 5) is 1.38. The summed E-state index contributed by atoms with van der Waals surface area (Å²) in [5.74, 6) is 0. The average molecular weight is 311 g/mol. The first-order valence-electron chi connectivity index (χ1n) is 7.00. The molecule has 0 amide bonds. The van der Waals surface area contributed by atoms with Crippen molar-refractivity contribution < 1.29 is 13.2 Å². The predicted molar refractivity (Wildman–Crippen MR) is 78.5 cm³/mol. The standard InChI is InChI=1S/C16H16F3NS/c17-16(18,19)13-4-1-11(2-5-13)3-6-14-15-12(7-9-20-14)8-10-21-15/h1-2,4-5,8,10,14,20H,3,6-7,9H2. The summed E-state index contributed by atoms with van der Waals surface area (Å²) in [6.45, 7) is 0.974. The van der Waals surface area contributed by atoms with Crippen molar-refractivity contribution in [3.63, 3.8) is 0 Å². The molecule has 1 aliphatic rings. The van der Waals surface area contributed by atoms with Crippen LogP contribution in [0.1, 0.15) is 34.0 Å². The van der Waals surface area contributed by atoms with Crippen LogP contribution in [-0.2, 0) is 19.0 Å². The van der Waals surface area contributed by atoms with E-state index in [1.54, 1.807) is 23.5 Å². The van der Waals surface area contributed by atoms with Crippen LogP contribution >= 0.6 is 11.3 Å². The maximum absolute atomic E-state index is 12.5. The van der Waals surface area contributed by atoms with E-state index in [1.165, 1.54) is 22.6 Å². The molecule has 1 unspecified atom stereocenters. The van der Waals surface area contributed by atoms with Crippen molar-refractivity contribution in [2.45, 2.75) is 31.5 Å². The molecule has 1 atom stereocenters. The molecule has 0 fully saturated rings. The minimum atomic E-state index is -4.25. The molecule has 2 aromatic rings. The average Bonchev–Trinajstić information content (AvgIpc) is 2.93. The summed E-state index contributed by atoms with van der Waals surface area (Å²) in [5.41, 5.74) is 1.78. The highest BCUT2D eigenvalue weighted by Crippen LogP contribution is 2.32. The molecule has 1 N–H and O–H groups in total. The van der Waals surface area contributed by atoms with E-state index in [1.807, 2.05) is 0 Å². The zero-order valence-electron chi connectivity index (χ0n) is 11.4. The number of nitrogens with one attached hydrogen (secondary N) is 1. The second-order valence-electron chi connectivity index (χ2n) is 5.30. The van der Waals surface area contributed by atoms with Gasteiger partial charge in [-0.25, -0.2) is 0 Å². The Hall–Kier alpha value is -1.33. The van der Waals surface area contributed by atoms with Gasteiger partial charge in [0.2, 0.25) is 0 Å². The van der Waals surface area contributed by atoms with Crippen molar-refractivity contribution in [2.24, 2.45) is 0 Å². The first-order valence-corrected chi connectivity index (χ1v) is 7.88. The molecular weight excluding hydrogens is 295 g/mol. The normalized spacial score (nSPS) is 18.5. The van der Waals surface area contributed by atoms with Crippen LogP contribution in [0.2, 0.25) is 0 Å². The van der Waals surface area contributed by atoms with Crippen LogP contribution in [0.4, 0.5) is 13.2 Å². The van der Waals surface area contributed by atoms with Crippen LogP contribution in [0, 0.1) is 0 Å². The molecule has 112 valence electrons. The second kappa shape index (κ2) is 5.81. The SMILES string of the molecule is FC(F)(F)c1ccc(CCC2NCCc3ccsc32)cc1. The number of alkyl halides is 3. The van der Waals surface area contributed by atoms with E-state index in [0.717, 1.165) is 31.4 Å². The Balaban J connectivity index is 1.64. The molecule has 1 aromatic carbocycles. The zero-order valence-corrected chi connectivity index (χ0v) is 12.2. The van der Waals surface area contributed by atoms with Gasteiger partial charge in [0.1, 0.15) is 0 Å². The minimum absolute atomic E-state index is 0.330. The number of benzene rings is 1. The van der Waals surface area contributed by atoms with Crippen LogP contribution in [0.3, 0.4) is 0 Å². The fourth-order valence-electron chi connectivity index (χ4n) is 2.74. The Morgan fingerprint density at radius 2 is 1.90 bits per heavy atom. The first-order chi connectivity index (χ1) is 10.0. The molecule has 1 nitrogen and oxygen atoms in total. The molecule has 0 saturated heterocycles. The lowest BCUT2D eigenvalue weighted by atomic mass is 9.97. The van der Waals surface area contributed by atoms with Crippen molar-refractivity contribution in [3.05, 3.63) is 57.3 Å².